The van der Waals surface area contributed by atoms with Gasteiger partial charge in [-0.15, -0.1) is 0 Å². The number of H-pyrrole nitrogens is 1. The zero-order chi connectivity index (χ0) is 19.5. The molecule has 0 radical (unpaired) electrons. The standard InChI is InChI=1S/C22H37N3OSi/c1-22(2,3)18-27(4,5)26-15-14-24-10-12-25(13-11-24)17-19-6-7-21-20(16-19)8-9-23-21/h6-9,16,23H,10-15,17-18H2,1-5H3. The van der Waals surface area contributed by atoms with Gasteiger partial charge in [0.15, 0.2) is 8.32 Å². The summed E-state index contributed by atoms with van der Waals surface area (Å²) in [7, 11) is -1.54. The van der Waals surface area contributed by atoms with Crippen LogP contribution in [0.3, 0.4) is 0 Å². The van der Waals surface area contributed by atoms with Crippen LogP contribution in [-0.2, 0) is 11.0 Å². The van der Waals surface area contributed by atoms with E-state index >= 15 is 0 Å². The Labute approximate surface area is 166 Å². The van der Waals surface area contributed by atoms with Crippen molar-refractivity contribution < 1.29 is 4.43 Å². The maximum atomic E-state index is 6.34. The molecule has 1 saturated heterocycles. The third-order valence-corrected chi connectivity index (χ3v) is 8.24. The minimum absolute atomic E-state index is 0.366. The summed E-state index contributed by atoms with van der Waals surface area (Å²) in [6.07, 6.45) is 2.01. The summed E-state index contributed by atoms with van der Waals surface area (Å²) in [5.41, 5.74) is 3.00. The molecular formula is C22H37N3OSi. The molecular weight excluding hydrogens is 350 g/mol. The average Bonchev–Trinajstić information content (AvgIpc) is 3.02. The van der Waals surface area contributed by atoms with Gasteiger partial charge < -0.3 is 9.41 Å². The molecule has 1 aromatic carbocycles. The van der Waals surface area contributed by atoms with Crippen LogP contribution in [0, 0.1) is 5.41 Å². The van der Waals surface area contributed by atoms with Gasteiger partial charge in [0.2, 0.25) is 0 Å². The van der Waals surface area contributed by atoms with Crippen molar-refractivity contribution in [2.45, 2.75) is 46.5 Å². The Bertz CT molecular complexity index is 726. The summed E-state index contributed by atoms with van der Waals surface area (Å²) < 4.78 is 6.34. The molecule has 1 aromatic heterocycles. The molecule has 1 aliphatic heterocycles. The number of aromatic amines is 1. The zero-order valence-corrected chi connectivity index (χ0v) is 18.8. The lowest BCUT2D eigenvalue weighted by Gasteiger charge is -2.36. The molecule has 3 rings (SSSR count). The number of nitrogens with one attached hydrogen (secondary N) is 1. The van der Waals surface area contributed by atoms with Gasteiger partial charge in [-0.05, 0) is 53.7 Å². The number of benzene rings is 1. The summed E-state index contributed by atoms with van der Waals surface area (Å²) in [5.74, 6) is 0. The van der Waals surface area contributed by atoms with E-state index in [1.165, 1.54) is 22.5 Å². The Morgan fingerprint density at radius 3 is 2.44 bits per heavy atom. The molecule has 1 fully saturated rings. The van der Waals surface area contributed by atoms with Crippen molar-refractivity contribution >= 4 is 19.2 Å². The fraction of sp³-hybridized carbons (Fsp3) is 0.636. The van der Waals surface area contributed by atoms with Crippen molar-refractivity contribution in [2.24, 2.45) is 5.41 Å². The Balaban J connectivity index is 1.38. The van der Waals surface area contributed by atoms with E-state index in [1.807, 2.05) is 6.20 Å². The van der Waals surface area contributed by atoms with Crippen molar-refractivity contribution in [3.8, 4) is 0 Å². The van der Waals surface area contributed by atoms with Crippen molar-refractivity contribution in [3.63, 3.8) is 0 Å². The first-order valence-electron chi connectivity index (χ1n) is 10.3. The van der Waals surface area contributed by atoms with Gasteiger partial charge in [-0.1, -0.05) is 26.8 Å². The van der Waals surface area contributed by atoms with E-state index in [0.29, 0.717) is 5.41 Å². The van der Waals surface area contributed by atoms with E-state index < -0.39 is 8.32 Å². The number of rotatable bonds is 7. The topological polar surface area (TPSA) is 31.5 Å². The Morgan fingerprint density at radius 2 is 1.74 bits per heavy atom. The highest BCUT2D eigenvalue weighted by Gasteiger charge is 2.29. The lowest BCUT2D eigenvalue weighted by Crippen LogP contribution is -2.47. The highest BCUT2D eigenvalue weighted by Crippen LogP contribution is 2.28. The molecule has 4 nitrogen and oxygen atoms in total. The molecule has 0 spiro atoms. The van der Waals surface area contributed by atoms with Gasteiger partial charge in [0.25, 0.3) is 0 Å². The first-order valence-corrected chi connectivity index (χ1v) is 13.5. The number of nitrogens with zero attached hydrogens (tertiary/aromatic N) is 2. The summed E-state index contributed by atoms with van der Waals surface area (Å²) in [6.45, 7) is 19.3. The van der Waals surface area contributed by atoms with Crippen molar-refractivity contribution in [1.82, 2.24) is 14.8 Å². The Hall–Kier alpha value is -1.14. The minimum Gasteiger partial charge on any atom is -0.416 e. The maximum absolute atomic E-state index is 6.34. The van der Waals surface area contributed by atoms with Crippen LogP contribution in [0.1, 0.15) is 26.3 Å². The summed E-state index contributed by atoms with van der Waals surface area (Å²) in [6, 6.07) is 10.1. The van der Waals surface area contributed by atoms with Crippen LogP contribution in [0.4, 0.5) is 0 Å². The average molecular weight is 388 g/mol. The van der Waals surface area contributed by atoms with Gasteiger partial charge in [0.05, 0.1) is 0 Å². The fourth-order valence-electron chi connectivity index (χ4n) is 4.41. The van der Waals surface area contributed by atoms with Crippen LogP contribution in [-0.4, -0.2) is 62.4 Å². The molecule has 1 aliphatic rings. The van der Waals surface area contributed by atoms with Crippen molar-refractivity contribution in [2.75, 3.05) is 39.3 Å². The second kappa shape index (κ2) is 8.48. The predicted octanol–water partition coefficient (Wildman–Crippen LogP) is 4.55. The van der Waals surface area contributed by atoms with E-state index in [0.717, 1.165) is 45.9 Å². The van der Waals surface area contributed by atoms with Gasteiger partial charge in [0, 0.05) is 57.6 Å². The number of hydrogen-bond donors (Lipinski definition) is 1. The minimum atomic E-state index is -1.54. The predicted molar refractivity (Wildman–Crippen MR) is 118 cm³/mol. The normalized spacial score (nSPS) is 17.7. The smallest absolute Gasteiger partial charge is 0.187 e. The number of hydrogen-bond acceptors (Lipinski definition) is 3. The zero-order valence-electron chi connectivity index (χ0n) is 17.8. The largest absolute Gasteiger partial charge is 0.416 e. The molecule has 27 heavy (non-hydrogen) atoms. The van der Waals surface area contributed by atoms with Gasteiger partial charge >= 0.3 is 0 Å². The van der Waals surface area contributed by atoms with E-state index in [4.69, 9.17) is 4.43 Å². The van der Waals surface area contributed by atoms with Crippen LogP contribution in [0.15, 0.2) is 30.5 Å². The maximum Gasteiger partial charge on any atom is 0.187 e. The van der Waals surface area contributed by atoms with Gasteiger partial charge in [-0.25, -0.2) is 0 Å². The first kappa shape index (κ1) is 20.6. The van der Waals surface area contributed by atoms with Crippen LogP contribution >= 0.6 is 0 Å². The van der Waals surface area contributed by atoms with Gasteiger partial charge in [-0.2, -0.15) is 0 Å². The molecule has 0 atom stereocenters. The summed E-state index contributed by atoms with van der Waals surface area (Å²) >= 11 is 0. The fourth-order valence-corrected chi connectivity index (χ4v) is 7.71. The Morgan fingerprint density at radius 1 is 1.04 bits per heavy atom. The monoisotopic (exact) mass is 387 g/mol. The highest BCUT2D eigenvalue weighted by atomic mass is 28.4. The van der Waals surface area contributed by atoms with E-state index in [1.54, 1.807) is 0 Å². The number of aromatic nitrogens is 1. The van der Waals surface area contributed by atoms with E-state index in [2.05, 4.69) is 72.9 Å². The van der Waals surface area contributed by atoms with Crippen molar-refractivity contribution in [1.29, 1.82) is 0 Å². The molecule has 0 unspecified atom stereocenters. The third-order valence-electron chi connectivity index (χ3n) is 5.35. The molecule has 0 saturated carbocycles. The van der Waals surface area contributed by atoms with Crippen LogP contribution in [0.5, 0.6) is 0 Å². The molecule has 1 N–H and O–H groups in total. The third kappa shape index (κ3) is 6.45. The number of fused-ring (bicyclic) bond motifs is 1. The van der Waals surface area contributed by atoms with Gasteiger partial charge in [0.1, 0.15) is 0 Å². The molecule has 2 heterocycles. The van der Waals surface area contributed by atoms with Gasteiger partial charge in [-0.3, -0.25) is 9.80 Å². The molecule has 150 valence electrons. The molecule has 0 bridgehead atoms. The second-order valence-corrected chi connectivity index (χ2v) is 14.0. The van der Waals surface area contributed by atoms with Crippen LogP contribution in [0.2, 0.25) is 19.1 Å². The second-order valence-electron chi connectivity index (χ2n) is 9.86. The van der Waals surface area contributed by atoms with Crippen molar-refractivity contribution in [3.05, 3.63) is 36.0 Å². The van der Waals surface area contributed by atoms with E-state index in [-0.39, 0.29) is 0 Å². The molecule has 0 aliphatic carbocycles. The first-order chi connectivity index (χ1) is 12.7. The lowest BCUT2D eigenvalue weighted by molar-refractivity contribution is 0.110. The molecule has 0 amide bonds. The molecule has 5 heteroatoms. The summed E-state index contributed by atoms with van der Waals surface area (Å²) in [5, 5.41) is 1.31. The SMILES string of the molecule is CC(C)(C)C[Si](C)(C)OCCN1CCN(Cc2ccc3[nH]ccc3c2)CC1. The van der Waals surface area contributed by atoms with Crippen LogP contribution < -0.4 is 0 Å². The Kier molecular flexibility index (Phi) is 6.46. The molecule has 2 aromatic rings. The van der Waals surface area contributed by atoms with Crippen LogP contribution in [0.25, 0.3) is 10.9 Å². The highest BCUT2D eigenvalue weighted by molar-refractivity contribution is 6.71. The van der Waals surface area contributed by atoms with E-state index in [9.17, 15) is 0 Å². The quantitative estimate of drug-likeness (QED) is 0.707. The number of piperazine rings is 1. The summed E-state index contributed by atoms with van der Waals surface area (Å²) in [4.78, 5) is 8.41. The lowest BCUT2D eigenvalue weighted by atomic mass is 10.0.